The maximum Gasteiger partial charge on any atom is 0.128 e. The van der Waals surface area contributed by atoms with Gasteiger partial charge < -0.3 is 11.5 Å². The van der Waals surface area contributed by atoms with Crippen molar-refractivity contribution in [1.82, 2.24) is 0 Å². The monoisotopic (exact) mass is 208 g/mol. The smallest absolute Gasteiger partial charge is 0.128 e. The summed E-state index contributed by atoms with van der Waals surface area (Å²) in [6.07, 6.45) is 3.52. The molecule has 0 aliphatic heterocycles. The molecule has 1 aliphatic rings. The molecule has 4 N–H and O–H groups in total. The zero-order chi connectivity index (χ0) is 10.8. The Bertz CT molecular complexity index is 347. The number of benzene rings is 1. The second-order valence-electron chi connectivity index (χ2n) is 4.34. The molecule has 0 aromatic heterocycles. The molecule has 1 aromatic rings. The third-order valence-electron chi connectivity index (χ3n) is 3.01. The molecular weight excluding hydrogens is 191 g/mol. The van der Waals surface area contributed by atoms with Crippen LogP contribution in [0.15, 0.2) is 18.2 Å². The molecule has 1 aliphatic carbocycles. The summed E-state index contributed by atoms with van der Waals surface area (Å²) in [6.45, 7) is 0.240. The van der Waals surface area contributed by atoms with E-state index in [9.17, 15) is 4.39 Å². The van der Waals surface area contributed by atoms with Crippen LogP contribution in [0.25, 0.3) is 0 Å². The van der Waals surface area contributed by atoms with Gasteiger partial charge >= 0.3 is 0 Å². The predicted molar refractivity (Wildman–Crippen MR) is 58.6 cm³/mol. The topological polar surface area (TPSA) is 52.0 Å². The molecule has 2 nitrogen and oxygen atoms in total. The first-order chi connectivity index (χ1) is 7.20. The van der Waals surface area contributed by atoms with Crippen molar-refractivity contribution >= 4 is 0 Å². The van der Waals surface area contributed by atoms with Crippen molar-refractivity contribution in [1.29, 1.82) is 0 Å². The van der Waals surface area contributed by atoms with Crippen LogP contribution in [-0.4, -0.2) is 0 Å². The Kier molecular flexibility index (Phi) is 3.03. The van der Waals surface area contributed by atoms with E-state index in [1.54, 1.807) is 6.07 Å². The molecule has 82 valence electrons. The van der Waals surface area contributed by atoms with Crippen molar-refractivity contribution in [3.63, 3.8) is 0 Å². The molecule has 0 bridgehead atoms. The van der Waals surface area contributed by atoms with Crippen molar-refractivity contribution in [3.8, 4) is 0 Å². The van der Waals surface area contributed by atoms with Crippen molar-refractivity contribution in [2.75, 3.05) is 0 Å². The molecule has 0 amide bonds. The van der Waals surface area contributed by atoms with E-state index in [1.807, 2.05) is 6.07 Å². The number of hydrogen-bond donors (Lipinski definition) is 2. The van der Waals surface area contributed by atoms with Crippen LogP contribution >= 0.6 is 0 Å². The van der Waals surface area contributed by atoms with E-state index in [0.717, 1.165) is 17.9 Å². The van der Waals surface area contributed by atoms with E-state index < -0.39 is 0 Å². The van der Waals surface area contributed by atoms with Crippen molar-refractivity contribution in [3.05, 3.63) is 35.1 Å². The highest BCUT2D eigenvalue weighted by atomic mass is 19.1. The quantitative estimate of drug-likeness (QED) is 0.796. The largest absolute Gasteiger partial charge is 0.326 e. The maximum absolute atomic E-state index is 13.4. The van der Waals surface area contributed by atoms with Crippen molar-refractivity contribution in [2.24, 2.45) is 17.4 Å². The first kappa shape index (κ1) is 10.6. The van der Waals surface area contributed by atoms with Crippen molar-refractivity contribution in [2.45, 2.75) is 31.8 Å². The molecule has 0 spiro atoms. The normalized spacial score (nSPS) is 17.8. The van der Waals surface area contributed by atoms with Gasteiger partial charge in [-0.2, -0.15) is 0 Å². The first-order valence-electron chi connectivity index (χ1n) is 5.44. The minimum Gasteiger partial charge on any atom is -0.326 e. The highest BCUT2D eigenvalue weighted by molar-refractivity contribution is 5.26. The molecule has 15 heavy (non-hydrogen) atoms. The third-order valence-corrected chi connectivity index (χ3v) is 3.01. The van der Waals surface area contributed by atoms with E-state index in [4.69, 9.17) is 11.5 Å². The Balaban J connectivity index is 2.09. The summed E-state index contributed by atoms with van der Waals surface area (Å²) in [6, 6.07) is 5.11. The van der Waals surface area contributed by atoms with Gasteiger partial charge in [0.05, 0.1) is 0 Å². The van der Waals surface area contributed by atoms with E-state index in [2.05, 4.69) is 0 Å². The zero-order valence-corrected chi connectivity index (χ0v) is 8.75. The van der Waals surface area contributed by atoms with Crippen LogP contribution in [0.5, 0.6) is 0 Å². The first-order valence-corrected chi connectivity index (χ1v) is 5.44. The summed E-state index contributed by atoms with van der Waals surface area (Å²) < 4.78 is 13.4. The van der Waals surface area contributed by atoms with E-state index in [0.29, 0.717) is 5.56 Å². The number of halogens is 1. The predicted octanol–water partition coefficient (Wildman–Crippen LogP) is 2.08. The highest BCUT2D eigenvalue weighted by Gasteiger charge is 2.24. The SMILES string of the molecule is NCc1ccc(C(N)CC2CC2)cc1F. The van der Waals surface area contributed by atoms with Gasteiger partial charge in [0, 0.05) is 18.2 Å². The summed E-state index contributed by atoms with van der Waals surface area (Å²) in [5.74, 6) is 0.526. The van der Waals surface area contributed by atoms with E-state index in [-0.39, 0.29) is 18.4 Å². The maximum atomic E-state index is 13.4. The average Bonchev–Trinajstić information content (AvgIpc) is 3.01. The molecule has 0 saturated heterocycles. The molecule has 1 aromatic carbocycles. The number of rotatable bonds is 4. The van der Waals surface area contributed by atoms with Crippen LogP contribution in [0.3, 0.4) is 0 Å². The summed E-state index contributed by atoms with van der Waals surface area (Å²) in [4.78, 5) is 0. The van der Waals surface area contributed by atoms with Gasteiger partial charge in [0.2, 0.25) is 0 Å². The summed E-state index contributed by atoms with van der Waals surface area (Å²) in [5.41, 5.74) is 12.8. The molecule has 0 heterocycles. The highest BCUT2D eigenvalue weighted by Crippen LogP contribution is 2.36. The molecule has 1 unspecified atom stereocenters. The van der Waals surface area contributed by atoms with Gasteiger partial charge in [0.15, 0.2) is 0 Å². The molecule has 3 heteroatoms. The number of hydrogen-bond acceptors (Lipinski definition) is 2. The average molecular weight is 208 g/mol. The van der Waals surface area contributed by atoms with Gasteiger partial charge in [-0.3, -0.25) is 0 Å². The summed E-state index contributed by atoms with van der Waals surface area (Å²) in [7, 11) is 0. The van der Waals surface area contributed by atoms with E-state index in [1.165, 1.54) is 18.9 Å². The minimum atomic E-state index is -0.235. The lowest BCUT2D eigenvalue weighted by Gasteiger charge is -2.12. The fourth-order valence-corrected chi connectivity index (χ4v) is 1.81. The van der Waals surface area contributed by atoms with Gasteiger partial charge in [-0.15, -0.1) is 0 Å². The molecule has 0 radical (unpaired) electrons. The Morgan fingerprint density at radius 1 is 1.40 bits per heavy atom. The van der Waals surface area contributed by atoms with Crippen LogP contribution in [0.4, 0.5) is 4.39 Å². The van der Waals surface area contributed by atoms with Gasteiger partial charge in [-0.1, -0.05) is 25.0 Å². The summed E-state index contributed by atoms with van der Waals surface area (Å²) in [5, 5.41) is 0. The lowest BCUT2D eigenvalue weighted by Crippen LogP contribution is -2.12. The lowest BCUT2D eigenvalue weighted by atomic mass is 10.0. The van der Waals surface area contributed by atoms with Gasteiger partial charge in [-0.25, -0.2) is 4.39 Å². The minimum absolute atomic E-state index is 0.0289. The zero-order valence-electron chi connectivity index (χ0n) is 8.75. The van der Waals surface area contributed by atoms with Crippen LogP contribution in [-0.2, 0) is 6.54 Å². The van der Waals surface area contributed by atoms with Crippen LogP contribution < -0.4 is 11.5 Å². The molecular formula is C12H17FN2. The Hall–Kier alpha value is -0.930. The lowest BCUT2D eigenvalue weighted by molar-refractivity contribution is 0.577. The molecule has 1 fully saturated rings. The van der Waals surface area contributed by atoms with Gasteiger partial charge in [0.1, 0.15) is 5.82 Å². The van der Waals surface area contributed by atoms with E-state index >= 15 is 0 Å². The standard InChI is InChI=1S/C12H17FN2/c13-11-6-9(3-4-10(11)7-14)12(15)5-8-1-2-8/h3-4,6,8,12H,1-2,5,7,14-15H2. The molecule has 2 rings (SSSR count). The van der Waals surface area contributed by atoms with Crippen molar-refractivity contribution < 1.29 is 4.39 Å². The van der Waals surface area contributed by atoms with Gasteiger partial charge in [0.25, 0.3) is 0 Å². The Labute approximate surface area is 89.5 Å². The van der Waals surface area contributed by atoms with Crippen LogP contribution in [0.1, 0.15) is 36.4 Å². The summed E-state index contributed by atoms with van der Waals surface area (Å²) >= 11 is 0. The molecule has 1 atom stereocenters. The van der Waals surface area contributed by atoms with Crippen LogP contribution in [0.2, 0.25) is 0 Å². The molecule has 1 saturated carbocycles. The fourth-order valence-electron chi connectivity index (χ4n) is 1.81. The Morgan fingerprint density at radius 2 is 2.13 bits per heavy atom. The fraction of sp³-hybridized carbons (Fsp3) is 0.500. The van der Waals surface area contributed by atoms with Gasteiger partial charge in [-0.05, 0) is 24.0 Å². The van der Waals surface area contributed by atoms with Crippen LogP contribution in [0, 0.1) is 11.7 Å². The second kappa shape index (κ2) is 4.29. The Morgan fingerprint density at radius 3 is 2.67 bits per heavy atom. The third kappa shape index (κ3) is 2.55. The number of nitrogens with two attached hydrogens (primary N) is 2. The second-order valence-corrected chi connectivity index (χ2v) is 4.34.